The van der Waals surface area contributed by atoms with Gasteiger partial charge in [-0.25, -0.2) is 9.97 Å². The van der Waals surface area contributed by atoms with E-state index < -0.39 is 0 Å². The molecule has 0 unspecified atom stereocenters. The van der Waals surface area contributed by atoms with Gasteiger partial charge >= 0.3 is 0 Å². The maximum Gasteiger partial charge on any atom is 0.130 e. The SMILES string of the molecule is CC(C)=CCCNc1cc(Br)ncn1. The Bertz CT molecular complexity index is 319. The summed E-state index contributed by atoms with van der Waals surface area (Å²) in [5.41, 5.74) is 1.34. The molecule has 0 saturated carbocycles. The minimum absolute atomic E-state index is 0.803. The molecule has 1 aromatic heterocycles. The lowest BCUT2D eigenvalue weighted by Gasteiger charge is -2.02. The average molecular weight is 256 g/mol. The van der Waals surface area contributed by atoms with Gasteiger partial charge in [-0.3, -0.25) is 0 Å². The summed E-state index contributed by atoms with van der Waals surface area (Å²) in [5, 5.41) is 3.22. The summed E-state index contributed by atoms with van der Waals surface area (Å²) in [6.45, 7) is 5.09. The number of anilines is 1. The molecule has 0 aromatic carbocycles. The minimum Gasteiger partial charge on any atom is -0.370 e. The van der Waals surface area contributed by atoms with Gasteiger partial charge in [0.15, 0.2) is 0 Å². The van der Waals surface area contributed by atoms with Crippen LogP contribution in [0.25, 0.3) is 0 Å². The molecule has 0 amide bonds. The normalized spacial score (nSPS) is 9.64. The first-order chi connectivity index (χ1) is 6.68. The Labute approximate surface area is 92.8 Å². The summed E-state index contributed by atoms with van der Waals surface area (Å²) in [5.74, 6) is 0.856. The predicted molar refractivity (Wildman–Crippen MR) is 62.3 cm³/mol. The standard InChI is InChI=1S/C10H14BrN3/c1-8(2)4-3-5-12-10-6-9(11)13-7-14-10/h4,6-7H,3,5H2,1-2H3,(H,12,13,14). The van der Waals surface area contributed by atoms with Gasteiger partial charge in [0.1, 0.15) is 16.7 Å². The third kappa shape index (κ3) is 4.37. The van der Waals surface area contributed by atoms with Crippen molar-refractivity contribution in [3.63, 3.8) is 0 Å². The van der Waals surface area contributed by atoms with Crippen molar-refractivity contribution in [2.24, 2.45) is 0 Å². The highest BCUT2D eigenvalue weighted by Crippen LogP contribution is 2.09. The largest absolute Gasteiger partial charge is 0.370 e. The molecule has 3 nitrogen and oxygen atoms in total. The van der Waals surface area contributed by atoms with Crippen molar-refractivity contribution in [1.29, 1.82) is 0 Å². The molecule has 0 fully saturated rings. The van der Waals surface area contributed by atoms with E-state index in [4.69, 9.17) is 0 Å². The molecule has 0 radical (unpaired) electrons. The third-order valence-electron chi connectivity index (χ3n) is 1.64. The number of allylic oxidation sites excluding steroid dienone is 1. The van der Waals surface area contributed by atoms with Crippen molar-refractivity contribution >= 4 is 21.7 Å². The Hall–Kier alpha value is -0.900. The lowest BCUT2D eigenvalue weighted by molar-refractivity contribution is 1.02. The zero-order valence-corrected chi connectivity index (χ0v) is 10.0. The van der Waals surface area contributed by atoms with E-state index in [0.29, 0.717) is 0 Å². The van der Waals surface area contributed by atoms with Gasteiger partial charge in [0.25, 0.3) is 0 Å². The van der Waals surface area contributed by atoms with Gasteiger partial charge < -0.3 is 5.32 Å². The van der Waals surface area contributed by atoms with Crippen LogP contribution in [0, 0.1) is 0 Å². The van der Waals surface area contributed by atoms with E-state index in [1.54, 1.807) is 0 Å². The van der Waals surface area contributed by atoms with Gasteiger partial charge in [-0.1, -0.05) is 11.6 Å². The van der Waals surface area contributed by atoms with Crippen LogP contribution in [0.5, 0.6) is 0 Å². The van der Waals surface area contributed by atoms with E-state index in [0.717, 1.165) is 23.4 Å². The highest BCUT2D eigenvalue weighted by Gasteiger charge is 1.93. The van der Waals surface area contributed by atoms with Gasteiger partial charge in [-0.05, 0) is 36.2 Å². The van der Waals surface area contributed by atoms with Gasteiger partial charge in [-0.2, -0.15) is 0 Å². The minimum atomic E-state index is 0.803. The molecule has 1 aromatic rings. The van der Waals surface area contributed by atoms with Gasteiger partial charge in [-0.15, -0.1) is 0 Å². The van der Waals surface area contributed by atoms with Crippen molar-refractivity contribution in [3.8, 4) is 0 Å². The first-order valence-corrected chi connectivity index (χ1v) is 5.32. The third-order valence-corrected chi connectivity index (χ3v) is 2.07. The first-order valence-electron chi connectivity index (χ1n) is 4.53. The van der Waals surface area contributed by atoms with Gasteiger partial charge in [0, 0.05) is 12.6 Å². The Kier molecular flexibility index (Phi) is 4.59. The molecule has 1 heterocycles. The lowest BCUT2D eigenvalue weighted by atomic mass is 10.3. The molecule has 0 saturated heterocycles. The summed E-state index contributed by atoms with van der Waals surface area (Å²) in [7, 11) is 0. The molecule has 0 aliphatic carbocycles. The number of rotatable bonds is 4. The Balaban J connectivity index is 2.35. The predicted octanol–water partition coefficient (Wildman–Crippen LogP) is 3.01. The van der Waals surface area contributed by atoms with E-state index in [2.05, 4.69) is 51.1 Å². The maximum atomic E-state index is 4.08. The lowest BCUT2D eigenvalue weighted by Crippen LogP contribution is -2.02. The topological polar surface area (TPSA) is 37.8 Å². The molecular formula is C10H14BrN3. The first kappa shape index (κ1) is 11.2. The van der Waals surface area contributed by atoms with E-state index in [9.17, 15) is 0 Å². The van der Waals surface area contributed by atoms with Crippen LogP contribution in [-0.4, -0.2) is 16.5 Å². The van der Waals surface area contributed by atoms with Crippen LogP contribution in [0.1, 0.15) is 20.3 Å². The van der Waals surface area contributed by atoms with Crippen LogP contribution in [0.15, 0.2) is 28.6 Å². The van der Waals surface area contributed by atoms with E-state index in [1.807, 2.05) is 6.07 Å². The number of hydrogen-bond donors (Lipinski definition) is 1. The molecule has 0 atom stereocenters. The van der Waals surface area contributed by atoms with Crippen LogP contribution in [0.4, 0.5) is 5.82 Å². The fraction of sp³-hybridized carbons (Fsp3) is 0.400. The second-order valence-electron chi connectivity index (χ2n) is 3.22. The quantitative estimate of drug-likeness (QED) is 0.511. The molecule has 0 aliphatic heterocycles. The van der Waals surface area contributed by atoms with Crippen molar-refractivity contribution < 1.29 is 0 Å². The molecule has 1 rings (SSSR count). The van der Waals surface area contributed by atoms with Crippen molar-refractivity contribution in [1.82, 2.24) is 9.97 Å². The van der Waals surface area contributed by atoms with Crippen LogP contribution in [0.3, 0.4) is 0 Å². The zero-order chi connectivity index (χ0) is 10.4. The van der Waals surface area contributed by atoms with Crippen molar-refractivity contribution in [2.45, 2.75) is 20.3 Å². The number of halogens is 1. The van der Waals surface area contributed by atoms with Crippen molar-refractivity contribution in [3.05, 3.63) is 28.6 Å². The molecule has 0 aliphatic rings. The monoisotopic (exact) mass is 255 g/mol. The summed E-state index contributed by atoms with van der Waals surface area (Å²) in [4.78, 5) is 8.03. The van der Waals surface area contributed by atoms with Crippen LogP contribution in [0.2, 0.25) is 0 Å². The van der Waals surface area contributed by atoms with Crippen molar-refractivity contribution in [2.75, 3.05) is 11.9 Å². The molecule has 14 heavy (non-hydrogen) atoms. The number of aromatic nitrogens is 2. The Morgan fingerprint density at radius 1 is 1.50 bits per heavy atom. The summed E-state index contributed by atoms with van der Waals surface area (Å²) >= 11 is 3.29. The highest BCUT2D eigenvalue weighted by molar-refractivity contribution is 9.10. The number of hydrogen-bond acceptors (Lipinski definition) is 3. The Morgan fingerprint density at radius 3 is 2.93 bits per heavy atom. The zero-order valence-electron chi connectivity index (χ0n) is 8.42. The van der Waals surface area contributed by atoms with Gasteiger partial charge in [0.05, 0.1) is 0 Å². The molecule has 4 heteroatoms. The number of nitrogens with zero attached hydrogens (tertiary/aromatic N) is 2. The number of nitrogens with one attached hydrogen (secondary N) is 1. The average Bonchev–Trinajstić information content (AvgIpc) is 2.12. The van der Waals surface area contributed by atoms with Crippen LogP contribution < -0.4 is 5.32 Å². The van der Waals surface area contributed by atoms with E-state index in [-0.39, 0.29) is 0 Å². The molecule has 76 valence electrons. The molecule has 1 N–H and O–H groups in total. The fourth-order valence-corrected chi connectivity index (χ4v) is 1.30. The van der Waals surface area contributed by atoms with Crippen LogP contribution in [-0.2, 0) is 0 Å². The van der Waals surface area contributed by atoms with E-state index in [1.165, 1.54) is 11.9 Å². The fourth-order valence-electron chi connectivity index (χ4n) is 0.991. The highest BCUT2D eigenvalue weighted by atomic mass is 79.9. The maximum absolute atomic E-state index is 4.08. The molecule has 0 bridgehead atoms. The molecule has 0 spiro atoms. The second kappa shape index (κ2) is 5.75. The summed E-state index contributed by atoms with van der Waals surface area (Å²) < 4.78 is 0.803. The van der Waals surface area contributed by atoms with Gasteiger partial charge in [0.2, 0.25) is 0 Å². The van der Waals surface area contributed by atoms with Crippen LogP contribution >= 0.6 is 15.9 Å². The smallest absolute Gasteiger partial charge is 0.130 e. The summed E-state index contributed by atoms with van der Waals surface area (Å²) in [6, 6.07) is 1.86. The Morgan fingerprint density at radius 2 is 2.29 bits per heavy atom. The molecular weight excluding hydrogens is 242 g/mol. The van der Waals surface area contributed by atoms with E-state index >= 15 is 0 Å². The summed E-state index contributed by atoms with van der Waals surface area (Å²) in [6.07, 6.45) is 4.75. The second-order valence-corrected chi connectivity index (χ2v) is 4.04.